The lowest BCUT2D eigenvalue weighted by atomic mass is 9.70. The molecule has 0 aromatic heterocycles. The van der Waals surface area contributed by atoms with E-state index in [1.807, 2.05) is 0 Å². The number of piperidine rings is 11. The quantitative estimate of drug-likeness (QED) is 0.103. The van der Waals surface area contributed by atoms with Crippen LogP contribution in [0, 0.1) is 136 Å². The van der Waals surface area contributed by atoms with E-state index >= 15 is 0 Å². The van der Waals surface area contributed by atoms with Crippen LogP contribution < -0.4 is 26.6 Å². The van der Waals surface area contributed by atoms with Crippen molar-refractivity contribution >= 4 is 0 Å². The molecule has 0 aromatic rings. The first kappa shape index (κ1) is 122. The molecule has 11 heterocycles. The monoisotopic (exact) mass is 1750 g/mol. The fourth-order valence-electron chi connectivity index (χ4n) is 22.9. The van der Waals surface area contributed by atoms with Crippen LogP contribution in [0.4, 0.5) is 0 Å². The Morgan fingerprint density at radius 2 is 0.661 bits per heavy atom. The summed E-state index contributed by atoms with van der Waals surface area (Å²) >= 11 is 0. The highest BCUT2D eigenvalue weighted by atomic mass is 15.2. The molecule has 11 heteroatoms. The van der Waals surface area contributed by atoms with Gasteiger partial charge in [-0.15, -0.1) is 0 Å². The Morgan fingerprint density at radius 1 is 0.306 bits per heavy atom. The van der Waals surface area contributed by atoms with Gasteiger partial charge in [-0.05, 0) is 480 Å². The third-order valence-corrected chi connectivity index (χ3v) is 33.3. The first-order valence-electron chi connectivity index (χ1n) is 54.6. The Kier molecular flexibility index (Phi) is 61.8. The fraction of sp³-hybridized carbons (Fsp3) is 1.00. The third kappa shape index (κ3) is 51.3. The number of nitrogens with one attached hydrogen (secondary N) is 5. The summed E-state index contributed by atoms with van der Waals surface area (Å²) in [7, 11) is 6.72. The molecular formula is C113H237N11. The number of rotatable bonds is 16. The number of nitrogens with zero attached hydrogens (tertiary/aromatic N) is 6. The molecule has 0 amide bonds. The van der Waals surface area contributed by atoms with Crippen molar-refractivity contribution in [1.82, 2.24) is 56.0 Å². The Morgan fingerprint density at radius 3 is 1.02 bits per heavy atom. The van der Waals surface area contributed by atoms with Crippen LogP contribution in [0.2, 0.25) is 0 Å². The maximum absolute atomic E-state index is 3.72. The van der Waals surface area contributed by atoms with Gasteiger partial charge in [0.25, 0.3) is 0 Å². The molecule has 0 bridgehead atoms. The molecule has 11 aliphatic heterocycles. The van der Waals surface area contributed by atoms with Gasteiger partial charge in [0.05, 0.1) is 0 Å². The second kappa shape index (κ2) is 63.0. The summed E-state index contributed by atoms with van der Waals surface area (Å²) in [5, 5.41) is 17.8. The van der Waals surface area contributed by atoms with Crippen molar-refractivity contribution < 1.29 is 0 Å². The second-order valence-corrected chi connectivity index (χ2v) is 50.2. The van der Waals surface area contributed by atoms with Gasteiger partial charge in [-0.25, -0.2) is 0 Å². The predicted octanol–water partition coefficient (Wildman–Crippen LogP) is 27.4. The highest BCUT2D eigenvalue weighted by Gasteiger charge is 2.44. The van der Waals surface area contributed by atoms with E-state index in [0.29, 0.717) is 22.2 Å². The minimum atomic E-state index is 0.316. The minimum Gasteiger partial charge on any atom is -0.317 e. The maximum atomic E-state index is 3.72. The number of likely N-dealkylation sites (tertiary alicyclic amines) is 6. The Bertz CT molecular complexity index is 2400. The average Bonchev–Trinajstić information content (AvgIpc) is 0.777. The standard InChI is InChI=1S/C13H27N.C12H25N.2C11H23N.4C10H21N.2C9H19N.C8H17N/c1-10(2)11-8-12(3,4)14(7)13(5,6)9-11;1-9(2)10-7-11(3,4)13-12(5,6)8-10;1-9(2)11-5-7-12(8-6-11)10(3)4;1-8(2)10-5-6-12-11(7-10)9(3)4;1-7(2)10-5-8(3)11-9(4)6-10;1-4-11-7-5-10(6-8-11)9(2)3;1-4-10-7-9(8(2)3)5-6-11-10;1-4-11-7-5-6-10(8-11)9(2)3;1-8(2)9-4-6-10(3)7-5-9;1-8(2)9-5-4-6-10(3)7-9;1-7(2)8-3-5-9-6-4-8/h10-11H,8-9H2,1-7H3;9-10,13H,7-8H2,1-6H3;9-11H,5-8H2,1-4H3;8-12H,5-7H2,1-4H3;7-11H,5-6H2,1-4H3;9-10H,4-8H2,1-3H3;8-11H,4-7H2,1-3H3;9-10H,4-8H2,1-3H3;2*8-9H,4-7H2,1-3H3;7-9H,3-6H2,1-2H3. The lowest BCUT2D eigenvalue weighted by Gasteiger charge is -2.54. The minimum absolute atomic E-state index is 0.316. The molecular weight excluding hydrogens is 1510 g/mol. The molecule has 11 nitrogen and oxygen atoms in total. The van der Waals surface area contributed by atoms with Crippen molar-refractivity contribution in [3.8, 4) is 0 Å². The van der Waals surface area contributed by atoms with E-state index in [4.69, 9.17) is 0 Å². The smallest absolute Gasteiger partial charge is 0.0158 e. The van der Waals surface area contributed by atoms with Crippen LogP contribution in [0.3, 0.4) is 0 Å². The molecule has 11 fully saturated rings. The molecule has 0 radical (unpaired) electrons. The summed E-state index contributed by atoms with van der Waals surface area (Å²) in [6.07, 6.45) is 31.8. The Labute approximate surface area is 783 Å². The van der Waals surface area contributed by atoms with Gasteiger partial charge >= 0.3 is 0 Å². The van der Waals surface area contributed by atoms with Crippen LogP contribution in [0.25, 0.3) is 0 Å². The summed E-state index contributed by atoms with van der Waals surface area (Å²) in [6.45, 7) is 112. The van der Waals surface area contributed by atoms with Crippen molar-refractivity contribution in [2.75, 3.05) is 126 Å². The Hall–Kier alpha value is -0.440. The number of hydrogen-bond acceptors (Lipinski definition) is 11. The molecule has 8 unspecified atom stereocenters. The van der Waals surface area contributed by atoms with Gasteiger partial charge in [-0.3, -0.25) is 4.90 Å². The van der Waals surface area contributed by atoms with Crippen LogP contribution in [0.5, 0.6) is 0 Å². The SMILES string of the molecule is CC(C)C1CC(C)(C)N(C)C(C)(C)C1.CC(C)C1CC(C)(C)NC(C)(C)C1.CC(C)C1CCCN(C)C1.CC(C)C1CCN(C(C)C)CC1.CC(C)C1CCN(C)CC1.CC(C)C1CCNC(C(C)C)C1.CC(C)C1CCNCC1.CC1CC(C(C)C)CC(C)N1.CCC1CC(C(C)C)CCN1.CCN1CCC(C(C)C)CC1.CCN1CCCC(C(C)C)C1. The van der Waals surface area contributed by atoms with Crippen LogP contribution in [0.1, 0.15) is 418 Å². The first-order chi connectivity index (χ1) is 57.6. The lowest BCUT2D eigenvalue weighted by Crippen LogP contribution is -2.59. The van der Waals surface area contributed by atoms with Gasteiger partial charge in [0.15, 0.2) is 0 Å². The van der Waals surface area contributed by atoms with Gasteiger partial charge in [-0.2, -0.15) is 0 Å². The fourth-order valence-corrected chi connectivity index (χ4v) is 22.9. The van der Waals surface area contributed by atoms with E-state index in [1.165, 1.54) is 252 Å². The van der Waals surface area contributed by atoms with E-state index in [1.54, 1.807) is 0 Å². The van der Waals surface area contributed by atoms with Gasteiger partial charge in [0.1, 0.15) is 0 Å². The third-order valence-electron chi connectivity index (χ3n) is 33.3. The summed E-state index contributed by atoms with van der Waals surface area (Å²) in [5.41, 5.74) is 1.35. The van der Waals surface area contributed by atoms with Gasteiger partial charge in [-0.1, -0.05) is 187 Å². The van der Waals surface area contributed by atoms with Crippen molar-refractivity contribution in [2.45, 2.75) is 470 Å². The molecule has 11 aliphatic rings. The van der Waals surface area contributed by atoms with E-state index in [9.17, 15) is 0 Å². The molecule has 0 aromatic carbocycles. The summed E-state index contributed by atoms with van der Waals surface area (Å²) in [5.74, 6) is 20.9. The van der Waals surface area contributed by atoms with Crippen molar-refractivity contribution in [2.24, 2.45) is 136 Å². The van der Waals surface area contributed by atoms with E-state index in [2.05, 4.69) is 347 Å². The van der Waals surface area contributed by atoms with Crippen LogP contribution in [-0.4, -0.2) is 208 Å². The van der Waals surface area contributed by atoms with Crippen molar-refractivity contribution in [1.29, 1.82) is 0 Å². The van der Waals surface area contributed by atoms with Gasteiger partial charge in [0, 0.05) is 65.5 Å². The molecule has 744 valence electrons. The summed E-state index contributed by atoms with van der Waals surface area (Å²) in [6, 6.07) is 3.78. The zero-order valence-corrected chi connectivity index (χ0v) is 92.9. The summed E-state index contributed by atoms with van der Waals surface area (Å²) in [4.78, 5) is 15.2. The molecule has 11 rings (SSSR count). The van der Waals surface area contributed by atoms with Crippen molar-refractivity contribution in [3.05, 3.63) is 0 Å². The van der Waals surface area contributed by atoms with Gasteiger partial charge < -0.3 is 51.1 Å². The summed E-state index contributed by atoms with van der Waals surface area (Å²) < 4.78 is 0. The number of hydrogen-bond donors (Lipinski definition) is 5. The van der Waals surface area contributed by atoms with E-state index < -0.39 is 0 Å². The molecule has 124 heavy (non-hydrogen) atoms. The van der Waals surface area contributed by atoms with Crippen LogP contribution in [-0.2, 0) is 0 Å². The largest absolute Gasteiger partial charge is 0.317 e. The van der Waals surface area contributed by atoms with Crippen molar-refractivity contribution in [3.63, 3.8) is 0 Å². The van der Waals surface area contributed by atoms with Crippen LogP contribution in [0.15, 0.2) is 0 Å². The lowest BCUT2D eigenvalue weighted by molar-refractivity contribution is -0.0404. The molecule has 0 aliphatic carbocycles. The maximum Gasteiger partial charge on any atom is 0.0158 e. The molecule has 0 saturated carbocycles. The van der Waals surface area contributed by atoms with Gasteiger partial charge in [0.2, 0.25) is 0 Å². The average molecular weight is 1750 g/mol. The molecule has 11 saturated heterocycles. The zero-order valence-electron chi connectivity index (χ0n) is 92.9. The second-order valence-electron chi connectivity index (χ2n) is 50.2. The molecule has 0 spiro atoms. The topological polar surface area (TPSA) is 79.6 Å². The Balaban J connectivity index is 0.000000683. The molecule has 8 atom stereocenters. The normalized spacial score (nSPS) is 28.2. The van der Waals surface area contributed by atoms with E-state index in [-0.39, 0.29) is 0 Å². The highest BCUT2D eigenvalue weighted by Crippen LogP contribution is 2.43. The zero-order chi connectivity index (χ0) is 94.7. The van der Waals surface area contributed by atoms with Crippen LogP contribution >= 0.6 is 0 Å². The highest BCUT2D eigenvalue weighted by molar-refractivity contribution is 5.00. The predicted molar refractivity (Wildman–Crippen MR) is 560 cm³/mol. The first-order valence-corrected chi connectivity index (χ1v) is 54.6. The van der Waals surface area contributed by atoms with E-state index in [0.717, 1.165) is 166 Å². The molecule has 5 N–H and O–H groups in total.